The lowest BCUT2D eigenvalue weighted by Gasteiger charge is -2.21. The number of nitrogens with zero attached hydrogens (tertiary/aromatic N) is 2. The molecule has 0 aromatic carbocycles. The third kappa shape index (κ3) is 4.07. The fraction of sp³-hybridized carbons (Fsp3) is 0.692. The SMILES string of the molecule is CCCCCN(CCO)C(=O)c1sc(C)nc1C. The van der Waals surface area contributed by atoms with E-state index in [1.165, 1.54) is 11.3 Å². The fourth-order valence-electron chi connectivity index (χ4n) is 1.86. The molecule has 0 spiro atoms. The fourth-order valence-corrected chi connectivity index (χ4v) is 2.75. The van der Waals surface area contributed by atoms with Crippen LogP contribution >= 0.6 is 11.3 Å². The van der Waals surface area contributed by atoms with E-state index in [9.17, 15) is 4.79 Å². The van der Waals surface area contributed by atoms with Crippen LogP contribution in [-0.2, 0) is 0 Å². The van der Waals surface area contributed by atoms with Gasteiger partial charge in [-0.2, -0.15) is 0 Å². The highest BCUT2D eigenvalue weighted by atomic mass is 32.1. The van der Waals surface area contributed by atoms with Gasteiger partial charge in [-0.25, -0.2) is 4.98 Å². The number of carbonyl (C=O) groups excluding carboxylic acids is 1. The summed E-state index contributed by atoms with van der Waals surface area (Å²) in [6.07, 6.45) is 3.22. The summed E-state index contributed by atoms with van der Waals surface area (Å²) < 4.78 is 0. The van der Waals surface area contributed by atoms with Crippen LogP contribution in [-0.4, -0.2) is 40.6 Å². The van der Waals surface area contributed by atoms with Gasteiger partial charge in [0.2, 0.25) is 0 Å². The summed E-state index contributed by atoms with van der Waals surface area (Å²) in [5, 5.41) is 9.97. The third-order valence-electron chi connectivity index (χ3n) is 2.79. The second-order valence-corrected chi connectivity index (χ2v) is 5.57. The number of amides is 1. The van der Waals surface area contributed by atoms with Gasteiger partial charge in [0.1, 0.15) is 4.88 Å². The second-order valence-electron chi connectivity index (χ2n) is 4.37. The highest BCUT2D eigenvalue weighted by Crippen LogP contribution is 2.19. The number of hydrogen-bond acceptors (Lipinski definition) is 4. The summed E-state index contributed by atoms with van der Waals surface area (Å²) >= 11 is 1.43. The van der Waals surface area contributed by atoms with Crippen LogP contribution in [0.25, 0.3) is 0 Å². The van der Waals surface area contributed by atoms with E-state index in [4.69, 9.17) is 5.11 Å². The van der Waals surface area contributed by atoms with Crippen molar-refractivity contribution in [3.05, 3.63) is 15.6 Å². The van der Waals surface area contributed by atoms with Crippen molar-refractivity contribution in [3.8, 4) is 0 Å². The number of aliphatic hydroxyl groups excluding tert-OH is 1. The van der Waals surface area contributed by atoms with Crippen molar-refractivity contribution >= 4 is 17.2 Å². The van der Waals surface area contributed by atoms with Crippen molar-refractivity contribution in [1.82, 2.24) is 9.88 Å². The Morgan fingerprint density at radius 2 is 2.06 bits per heavy atom. The molecule has 0 radical (unpaired) electrons. The van der Waals surface area contributed by atoms with Gasteiger partial charge in [-0.05, 0) is 20.3 Å². The van der Waals surface area contributed by atoms with Crippen LogP contribution < -0.4 is 0 Å². The predicted molar refractivity (Wildman–Crippen MR) is 74.1 cm³/mol. The van der Waals surface area contributed by atoms with Crippen LogP contribution in [0.2, 0.25) is 0 Å². The Bertz CT molecular complexity index is 390. The highest BCUT2D eigenvalue weighted by Gasteiger charge is 2.19. The first-order valence-electron chi connectivity index (χ1n) is 6.44. The first-order chi connectivity index (χ1) is 8.60. The van der Waals surface area contributed by atoms with Gasteiger partial charge in [0.05, 0.1) is 17.3 Å². The predicted octanol–water partition coefficient (Wildman–Crippen LogP) is 2.38. The molecule has 0 saturated heterocycles. The molecule has 1 aromatic rings. The van der Waals surface area contributed by atoms with E-state index in [-0.39, 0.29) is 12.5 Å². The monoisotopic (exact) mass is 270 g/mol. The minimum atomic E-state index is 0.00301. The normalized spacial score (nSPS) is 10.7. The van der Waals surface area contributed by atoms with E-state index in [1.54, 1.807) is 4.90 Å². The molecule has 5 heteroatoms. The summed E-state index contributed by atoms with van der Waals surface area (Å²) in [6.45, 7) is 7.02. The van der Waals surface area contributed by atoms with Gasteiger partial charge < -0.3 is 10.0 Å². The van der Waals surface area contributed by atoms with E-state index in [0.29, 0.717) is 18.0 Å². The molecule has 0 bridgehead atoms. The smallest absolute Gasteiger partial charge is 0.265 e. The van der Waals surface area contributed by atoms with Crippen molar-refractivity contribution in [2.75, 3.05) is 19.7 Å². The molecule has 0 unspecified atom stereocenters. The van der Waals surface area contributed by atoms with Gasteiger partial charge >= 0.3 is 0 Å². The molecule has 0 fully saturated rings. The number of thiazole rings is 1. The van der Waals surface area contributed by atoms with Gasteiger partial charge in [-0.1, -0.05) is 19.8 Å². The van der Waals surface area contributed by atoms with E-state index < -0.39 is 0 Å². The van der Waals surface area contributed by atoms with Crippen LogP contribution in [0.1, 0.15) is 46.6 Å². The molecule has 0 aliphatic carbocycles. The van der Waals surface area contributed by atoms with Crippen LogP contribution in [0.15, 0.2) is 0 Å². The minimum absolute atomic E-state index is 0.00301. The second kappa shape index (κ2) is 7.48. The number of unbranched alkanes of at least 4 members (excludes halogenated alkanes) is 2. The molecule has 1 aromatic heterocycles. The Morgan fingerprint density at radius 1 is 1.33 bits per heavy atom. The summed E-state index contributed by atoms with van der Waals surface area (Å²) in [5.41, 5.74) is 0.793. The molecule has 18 heavy (non-hydrogen) atoms. The minimum Gasteiger partial charge on any atom is -0.395 e. The summed E-state index contributed by atoms with van der Waals surface area (Å²) in [4.78, 5) is 19.1. The number of carbonyl (C=O) groups is 1. The van der Waals surface area contributed by atoms with E-state index >= 15 is 0 Å². The van der Waals surface area contributed by atoms with Gasteiger partial charge in [0.15, 0.2) is 0 Å². The van der Waals surface area contributed by atoms with Gasteiger partial charge in [0.25, 0.3) is 5.91 Å². The zero-order chi connectivity index (χ0) is 13.5. The number of hydrogen-bond donors (Lipinski definition) is 1. The lowest BCUT2D eigenvalue weighted by Crippen LogP contribution is -2.34. The molecular formula is C13H22N2O2S. The molecule has 1 heterocycles. The van der Waals surface area contributed by atoms with E-state index in [0.717, 1.165) is 30.0 Å². The standard InChI is InChI=1S/C13H22N2O2S/c1-4-5-6-7-15(8-9-16)13(17)12-10(2)14-11(3)18-12/h16H,4-9H2,1-3H3. The molecular weight excluding hydrogens is 248 g/mol. The summed E-state index contributed by atoms with van der Waals surface area (Å²) in [5.74, 6) is 0.00301. The van der Waals surface area contributed by atoms with Gasteiger partial charge in [-0.3, -0.25) is 4.79 Å². The molecule has 1 N–H and O–H groups in total. The Labute approximate surface area is 113 Å². The van der Waals surface area contributed by atoms with Crippen molar-refractivity contribution in [1.29, 1.82) is 0 Å². The zero-order valence-electron chi connectivity index (χ0n) is 11.4. The lowest BCUT2D eigenvalue weighted by molar-refractivity contribution is 0.0722. The topological polar surface area (TPSA) is 53.4 Å². The maximum absolute atomic E-state index is 12.3. The van der Waals surface area contributed by atoms with Crippen LogP contribution in [0.4, 0.5) is 0 Å². The zero-order valence-corrected chi connectivity index (χ0v) is 12.2. The maximum Gasteiger partial charge on any atom is 0.265 e. The first-order valence-corrected chi connectivity index (χ1v) is 7.26. The van der Waals surface area contributed by atoms with E-state index in [1.807, 2.05) is 13.8 Å². The summed E-state index contributed by atoms with van der Waals surface area (Å²) in [6, 6.07) is 0. The molecule has 1 rings (SSSR count). The van der Waals surface area contributed by atoms with Crippen molar-refractivity contribution < 1.29 is 9.90 Å². The molecule has 102 valence electrons. The Balaban J connectivity index is 2.72. The quantitative estimate of drug-likeness (QED) is 0.774. The number of aliphatic hydroxyl groups is 1. The average Bonchev–Trinajstić information content (AvgIpc) is 2.67. The molecule has 0 aliphatic heterocycles. The third-order valence-corrected chi connectivity index (χ3v) is 3.85. The Hall–Kier alpha value is -0.940. The molecule has 0 atom stereocenters. The van der Waals surface area contributed by atoms with Crippen LogP contribution in [0.3, 0.4) is 0 Å². The Morgan fingerprint density at radius 3 is 2.56 bits per heavy atom. The number of aryl methyl sites for hydroxylation is 2. The average molecular weight is 270 g/mol. The molecule has 4 nitrogen and oxygen atoms in total. The summed E-state index contributed by atoms with van der Waals surface area (Å²) in [7, 11) is 0. The van der Waals surface area contributed by atoms with Gasteiger partial charge in [-0.15, -0.1) is 11.3 Å². The lowest BCUT2D eigenvalue weighted by atomic mass is 10.2. The maximum atomic E-state index is 12.3. The van der Waals surface area contributed by atoms with Crippen molar-refractivity contribution in [2.24, 2.45) is 0 Å². The van der Waals surface area contributed by atoms with Crippen LogP contribution in [0.5, 0.6) is 0 Å². The molecule has 1 amide bonds. The first kappa shape index (κ1) is 15.1. The van der Waals surface area contributed by atoms with Gasteiger partial charge in [0, 0.05) is 13.1 Å². The molecule has 0 aliphatic rings. The Kier molecular flexibility index (Phi) is 6.29. The van der Waals surface area contributed by atoms with E-state index in [2.05, 4.69) is 11.9 Å². The number of rotatable bonds is 7. The number of aromatic nitrogens is 1. The van der Waals surface area contributed by atoms with Crippen molar-refractivity contribution in [2.45, 2.75) is 40.0 Å². The largest absolute Gasteiger partial charge is 0.395 e. The van der Waals surface area contributed by atoms with Crippen LogP contribution in [0, 0.1) is 13.8 Å². The highest BCUT2D eigenvalue weighted by molar-refractivity contribution is 7.13. The molecule has 0 saturated carbocycles. The van der Waals surface area contributed by atoms with Crippen molar-refractivity contribution in [3.63, 3.8) is 0 Å².